The van der Waals surface area contributed by atoms with Crippen LogP contribution >= 0.6 is 0 Å². The zero-order valence-electron chi connectivity index (χ0n) is 18.6. The number of aromatic nitrogens is 3. The zero-order chi connectivity index (χ0) is 22.1. The van der Waals surface area contributed by atoms with E-state index >= 15 is 0 Å². The molecule has 1 saturated heterocycles. The van der Waals surface area contributed by atoms with Crippen LogP contribution < -0.4 is 5.69 Å². The van der Waals surface area contributed by atoms with Gasteiger partial charge < -0.3 is 4.90 Å². The molecule has 3 aromatic rings. The molecular formula is C26H30N4O2. The molecule has 1 aliphatic heterocycles. The van der Waals surface area contributed by atoms with Gasteiger partial charge in [-0.05, 0) is 48.9 Å². The van der Waals surface area contributed by atoms with Gasteiger partial charge in [0.25, 0.3) is 5.91 Å². The van der Waals surface area contributed by atoms with E-state index in [1.807, 2.05) is 51.9 Å². The van der Waals surface area contributed by atoms with Gasteiger partial charge in [0.05, 0.1) is 0 Å². The van der Waals surface area contributed by atoms with Crippen molar-refractivity contribution in [2.45, 2.75) is 50.5 Å². The van der Waals surface area contributed by atoms with E-state index in [1.165, 1.54) is 17.5 Å². The van der Waals surface area contributed by atoms with Gasteiger partial charge in [0.1, 0.15) is 5.82 Å². The van der Waals surface area contributed by atoms with Gasteiger partial charge in [-0.2, -0.15) is 5.10 Å². The number of rotatable bonds is 4. The lowest BCUT2D eigenvalue weighted by Crippen LogP contribution is -2.38. The molecular weight excluding hydrogens is 400 g/mol. The Morgan fingerprint density at radius 2 is 1.50 bits per heavy atom. The second-order valence-electron chi connectivity index (χ2n) is 9.08. The third-order valence-corrected chi connectivity index (χ3v) is 7.06. The summed E-state index contributed by atoms with van der Waals surface area (Å²) < 4.78 is 3.44. The lowest BCUT2D eigenvalue weighted by atomic mass is 9.94. The van der Waals surface area contributed by atoms with E-state index < -0.39 is 0 Å². The Morgan fingerprint density at radius 1 is 0.875 bits per heavy atom. The maximum atomic E-state index is 13.1. The summed E-state index contributed by atoms with van der Waals surface area (Å²) in [5, 5.41) is 4.61. The van der Waals surface area contributed by atoms with E-state index in [2.05, 4.69) is 17.2 Å². The summed E-state index contributed by atoms with van der Waals surface area (Å²) in [5.41, 5.74) is 2.99. The minimum Gasteiger partial charge on any atom is -0.339 e. The van der Waals surface area contributed by atoms with Gasteiger partial charge in [0.15, 0.2) is 0 Å². The third kappa shape index (κ3) is 3.90. The van der Waals surface area contributed by atoms with Crippen LogP contribution in [0.25, 0.3) is 11.1 Å². The van der Waals surface area contributed by atoms with Crippen LogP contribution in [0.3, 0.4) is 0 Å². The number of benzene rings is 2. The standard InChI is InChI=1S/C26H30N4O2/c1-28-26(32)30(23-9-5-6-10-23)24(27-28)21-15-17-29(18-16-21)25(31)22-13-11-20(12-14-22)19-7-3-2-4-8-19/h2-4,7-8,11-14,21,23H,5-6,9-10,15-18H2,1H3. The van der Waals surface area contributed by atoms with Gasteiger partial charge in [-0.1, -0.05) is 55.3 Å². The van der Waals surface area contributed by atoms with Crippen molar-refractivity contribution in [2.75, 3.05) is 13.1 Å². The summed E-state index contributed by atoms with van der Waals surface area (Å²) in [6.45, 7) is 1.39. The molecule has 1 aliphatic carbocycles. The average Bonchev–Trinajstić information content (AvgIpc) is 3.47. The molecule has 32 heavy (non-hydrogen) atoms. The number of hydrogen-bond donors (Lipinski definition) is 0. The molecule has 2 fully saturated rings. The van der Waals surface area contributed by atoms with Crippen molar-refractivity contribution >= 4 is 5.91 Å². The van der Waals surface area contributed by atoms with Crippen LogP contribution in [-0.2, 0) is 7.05 Å². The normalized spacial score (nSPS) is 17.7. The van der Waals surface area contributed by atoms with Crippen LogP contribution in [0.5, 0.6) is 0 Å². The van der Waals surface area contributed by atoms with Crippen molar-refractivity contribution in [3.05, 3.63) is 76.5 Å². The maximum Gasteiger partial charge on any atom is 0.345 e. The molecule has 0 atom stereocenters. The first-order valence-corrected chi connectivity index (χ1v) is 11.7. The maximum absolute atomic E-state index is 13.1. The van der Waals surface area contributed by atoms with E-state index in [1.54, 1.807) is 7.05 Å². The molecule has 6 heteroatoms. The van der Waals surface area contributed by atoms with E-state index in [4.69, 9.17) is 0 Å². The number of likely N-dealkylation sites (tertiary alicyclic amines) is 1. The molecule has 1 amide bonds. The average molecular weight is 431 g/mol. The molecule has 2 aromatic carbocycles. The number of nitrogens with zero attached hydrogens (tertiary/aromatic N) is 4. The molecule has 0 spiro atoms. The number of amides is 1. The summed E-state index contributed by atoms with van der Waals surface area (Å²) in [6.07, 6.45) is 6.18. The predicted molar refractivity (Wildman–Crippen MR) is 125 cm³/mol. The lowest BCUT2D eigenvalue weighted by Gasteiger charge is -2.32. The van der Waals surface area contributed by atoms with Crippen LogP contribution in [0.1, 0.15) is 66.7 Å². The van der Waals surface area contributed by atoms with Crippen molar-refractivity contribution in [3.63, 3.8) is 0 Å². The fourth-order valence-electron chi connectivity index (χ4n) is 5.24. The predicted octanol–water partition coefficient (Wildman–Crippen LogP) is 4.38. The summed E-state index contributed by atoms with van der Waals surface area (Å²) in [4.78, 5) is 27.7. The Kier molecular flexibility index (Phi) is 5.68. The Hall–Kier alpha value is -3.15. The van der Waals surface area contributed by atoms with Gasteiger partial charge in [0.2, 0.25) is 0 Å². The van der Waals surface area contributed by atoms with Gasteiger partial charge in [-0.3, -0.25) is 9.36 Å². The van der Waals surface area contributed by atoms with Gasteiger partial charge in [-0.15, -0.1) is 0 Å². The highest BCUT2D eigenvalue weighted by Crippen LogP contribution is 2.33. The van der Waals surface area contributed by atoms with Crippen molar-refractivity contribution in [3.8, 4) is 11.1 Å². The van der Waals surface area contributed by atoms with E-state index in [0.29, 0.717) is 13.1 Å². The van der Waals surface area contributed by atoms with E-state index in [0.717, 1.165) is 48.2 Å². The highest BCUT2D eigenvalue weighted by atomic mass is 16.2. The Balaban J connectivity index is 1.27. The van der Waals surface area contributed by atoms with Crippen LogP contribution in [0.4, 0.5) is 0 Å². The first kappa shape index (κ1) is 20.7. The SMILES string of the molecule is Cn1nc(C2CCN(C(=O)c3ccc(-c4ccccc4)cc3)CC2)n(C2CCCC2)c1=O. The quantitative estimate of drug-likeness (QED) is 0.617. The van der Waals surface area contributed by atoms with Crippen LogP contribution in [0.15, 0.2) is 59.4 Å². The number of piperidine rings is 1. The van der Waals surface area contributed by atoms with Crippen LogP contribution in [0, 0.1) is 0 Å². The second-order valence-corrected chi connectivity index (χ2v) is 9.08. The largest absolute Gasteiger partial charge is 0.345 e. The monoisotopic (exact) mass is 430 g/mol. The smallest absolute Gasteiger partial charge is 0.339 e. The van der Waals surface area contributed by atoms with Crippen molar-refractivity contribution in [1.29, 1.82) is 0 Å². The minimum atomic E-state index is 0.00362. The summed E-state index contributed by atoms with van der Waals surface area (Å²) >= 11 is 0. The lowest BCUT2D eigenvalue weighted by molar-refractivity contribution is 0.0709. The molecule has 1 saturated carbocycles. The molecule has 2 aliphatic rings. The Bertz CT molecular complexity index is 1130. The topological polar surface area (TPSA) is 60.1 Å². The summed E-state index contributed by atoms with van der Waals surface area (Å²) in [5.74, 6) is 1.23. The highest BCUT2D eigenvalue weighted by molar-refractivity contribution is 5.94. The number of hydrogen-bond acceptors (Lipinski definition) is 3. The van der Waals surface area contributed by atoms with E-state index in [9.17, 15) is 9.59 Å². The molecule has 0 N–H and O–H groups in total. The second kappa shape index (κ2) is 8.77. The van der Waals surface area contributed by atoms with Gasteiger partial charge in [-0.25, -0.2) is 9.48 Å². The van der Waals surface area contributed by atoms with Crippen LogP contribution in [0.2, 0.25) is 0 Å². The molecule has 1 aromatic heterocycles. The van der Waals surface area contributed by atoms with Crippen molar-refractivity contribution in [2.24, 2.45) is 7.05 Å². The fourth-order valence-corrected chi connectivity index (χ4v) is 5.24. The first-order valence-electron chi connectivity index (χ1n) is 11.7. The first-order chi connectivity index (χ1) is 15.6. The van der Waals surface area contributed by atoms with Crippen LogP contribution in [-0.4, -0.2) is 38.2 Å². The Morgan fingerprint density at radius 3 is 2.16 bits per heavy atom. The third-order valence-electron chi connectivity index (χ3n) is 7.06. The number of carbonyl (C=O) groups is 1. The molecule has 6 nitrogen and oxygen atoms in total. The molecule has 0 radical (unpaired) electrons. The number of aryl methyl sites for hydroxylation is 1. The Labute approximate surface area is 188 Å². The molecule has 2 heterocycles. The fraction of sp³-hybridized carbons (Fsp3) is 0.423. The highest BCUT2D eigenvalue weighted by Gasteiger charge is 2.31. The summed E-state index contributed by atoms with van der Waals surface area (Å²) in [6, 6.07) is 18.4. The van der Waals surface area contributed by atoms with Gasteiger partial charge >= 0.3 is 5.69 Å². The van der Waals surface area contributed by atoms with Crippen molar-refractivity contribution in [1.82, 2.24) is 19.2 Å². The molecule has 5 rings (SSSR count). The molecule has 166 valence electrons. The van der Waals surface area contributed by atoms with Crippen molar-refractivity contribution < 1.29 is 4.79 Å². The zero-order valence-corrected chi connectivity index (χ0v) is 18.6. The molecule has 0 unspecified atom stereocenters. The van der Waals surface area contributed by atoms with Gasteiger partial charge in [0, 0.05) is 37.7 Å². The molecule has 0 bridgehead atoms. The number of carbonyl (C=O) groups excluding carboxylic acids is 1. The summed E-state index contributed by atoms with van der Waals surface area (Å²) in [7, 11) is 1.75. The minimum absolute atomic E-state index is 0.00362. The van der Waals surface area contributed by atoms with E-state index in [-0.39, 0.29) is 23.6 Å².